The van der Waals surface area contributed by atoms with Crippen molar-refractivity contribution in [3.63, 3.8) is 0 Å². The van der Waals surface area contributed by atoms with Gasteiger partial charge in [-0.2, -0.15) is 0 Å². The molecular formula is C19H23N3O5. The van der Waals surface area contributed by atoms with E-state index in [-0.39, 0.29) is 18.9 Å². The fraction of sp³-hybridized carbons (Fsp3) is 0.316. The maximum absolute atomic E-state index is 12.0. The van der Waals surface area contributed by atoms with Gasteiger partial charge in [-0.25, -0.2) is 0 Å². The third-order valence-electron chi connectivity index (χ3n) is 3.79. The van der Waals surface area contributed by atoms with Crippen LogP contribution in [-0.2, 0) is 14.4 Å². The van der Waals surface area contributed by atoms with Crippen molar-refractivity contribution in [2.75, 3.05) is 17.2 Å². The van der Waals surface area contributed by atoms with E-state index in [4.69, 9.17) is 4.42 Å². The van der Waals surface area contributed by atoms with Crippen LogP contribution in [0, 0.1) is 13.8 Å². The first kappa shape index (κ1) is 20.2. The zero-order valence-electron chi connectivity index (χ0n) is 15.5. The van der Waals surface area contributed by atoms with E-state index in [9.17, 15) is 19.5 Å². The summed E-state index contributed by atoms with van der Waals surface area (Å²) in [5, 5.41) is 17.7. The standard InChI is InChI=1S/C19H23N3O5/c1-11-9-16(12(2)27-11)17(24)7-8-20-18(25)19(26)22-15-6-4-5-14(10-15)21-13(3)23/h4-6,9-10,17,24H,7-8H2,1-3H3,(H,20,25)(H,21,23)(H,22,26). The van der Waals surface area contributed by atoms with Crippen molar-refractivity contribution in [2.45, 2.75) is 33.3 Å². The molecule has 1 unspecified atom stereocenters. The number of aliphatic hydroxyl groups excluding tert-OH is 1. The fourth-order valence-electron chi connectivity index (χ4n) is 2.61. The molecule has 144 valence electrons. The second-order valence-corrected chi connectivity index (χ2v) is 6.15. The number of anilines is 2. The van der Waals surface area contributed by atoms with Gasteiger partial charge in [0.25, 0.3) is 0 Å². The molecule has 0 bridgehead atoms. The second kappa shape index (κ2) is 9.00. The first-order valence-electron chi connectivity index (χ1n) is 8.48. The van der Waals surface area contributed by atoms with E-state index < -0.39 is 17.9 Å². The number of benzene rings is 1. The summed E-state index contributed by atoms with van der Waals surface area (Å²) >= 11 is 0. The van der Waals surface area contributed by atoms with Crippen LogP contribution in [0.25, 0.3) is 0 Å². The lowest BCUT2D eigenvalue weighted by atomic mass is 10.1. The molecule has 0 fully saturated rings. The minimum Gasteiger partial charge on any atom is -0.466 e. The molecule has 1 atom stereocenters. The van der Waals surface area contributed by atoms with Gasteiger partial charge >= 0.3 is 11.8 Å². The lowest BCUT2D eigenvalue weighted by molar-refractivity contribution is -0.136. The molecule has 2 rings (SSSR count). The van der Waals surface area contributed by atoms with Gasteiger partial charge in [0.05, 0.1) is 6.10 Å². The number of aliphatic hydroxyl groups is 1. The molecule has 0 aliphatic heterocycles. The molecule has 8 heteroatoms. The summed E-state index contributed by atoms with van der Waals surface area (Å²) in [6.07, 6.45) is -0.545. The van der Waals surface area contributed by atoms with Crippen molar-refractivity contribution in [1.29, 1.82) is 0 Å². The van der Waals surface area contributed by atoms with Gasteiger partial charge in [0.15, 0.2) is 0 Å². The van der Waals surface area contributed by atoms with E-state index in [1.165, 1.54) is 6.92 Å². The van der Waals surface area contributed by atoms with Gasteiger partial charge in [0, 0.05) is 30.4 Å². The highest BCUT2D eigenvalue weighted by Crippen LogP contribution is 2.23. The number of hydrogen-bond acceptors (Lipinski definition) is 5. The number of nitrogens with one attached hydrogen (secondary N) is 3. The smallest absolute Gasteiger partial charge is 0.313 e. The van der Waals surface area contributed by atoms with Crippen LogP contribution in [0.4, 0.5) is 11.4 Å². The molecule has 27 heavy (non-hydrogen) atoms. The van der Waals surface area contributed by atoms with Crippen LogP contribution in [0.1, 0.15) is 36.5 Å². The van der Waals surface area contributed by atoms with Crippen molar-refractivity contribution < 1.29 is 23.9 Å². The van der Waals surface area contributed by atoms with E-state index in [2.05, 4.69) is 16.0 Å². The minimum atomic E-state index is -0.834. The highest BCUT2D eigenvalue weighted by atomic mass is 16.3. The van der Waals surface area contributed by atoms with Gasteiger partial charge in [-0.1, -0.05) is 6.07 Å². The van der Waals surface area contributed by atoms with Crippen molar-refractivity contribution in [1.82, 2.24) is 5.32 Å². The number of aryl methyl sites for hydroxylation is 2. The van der Waals surface area contributed by atoms with Gasteiger partial charge < -0.3 is 25.5 Å². The molecule has 4 N–H and O–H groups in total. The Morgan fingerprint density at radius 3 is 2.33 bits per heavy atom. The Morgan fingerprint density at radius 2 is 1.74 bits per heavy atom. The lowest BCUT2D eigenvalue weighted by Crippen LogP contribution is -2.36. The summed E-state index contributed by atoms with van der Waals surface area (Å²) in [4.78, 5) is 34.9. The SMILES string of the molecule is CC(=O)Nc1cccc(NC(=O)C(=O)NCCC(O)c2cc(C)oc2C)c1. The zero-order chi connectivity index (χ0) is 20.0. The van der Waals surface area contributed by atoms with Crippen LogP contribution in [0.3, 0.4) is 0 Å². The van der Waals surface area contributed by atoms with E-state index in [1.54, 1.807) is 44.2 Å². The van der Waals surface area contributed by atoms with Crippen LogP contribution in [0.5, 0.6) is 0 Å². The van der Waals surface area contributed by atoms with Crippen molar-refractivity contribution >= 4 is 29.1 Å². The predicted molar refractivity (Wildman–Crippen MR) is 100 cm³/mol. The Kier molecular flexibility index (Phi) is 6.73. The Balaban J connectivity index is 1.83. The molecule has 3 amide bonds. The van der Waals surface area contributed by atoms with Crippen LogP contribution < -0.4 is 16.0 Å². The molecule has 1 aromatic carbocycles. The molecule has 2 aromatic rings. The molecule has 1 aromatic heterocycles. The molecule has 0 saturated carbocycles. The van der Waals surface area contributed by atoms with Crippen molar-refractivity contribution in [3.8, 4) is 0 Å². The lowest BCUT2D eigenvalue weighted by Gasteiger charge is -2.11. The minimum absolute atomic E-state index is 0.128. The van der Waals surface area contributed by atoms with Gasteiger partial charge in [-0.05, 0) is 44.5 Å². The molecule has 1 heterocycles. The Morgan fingerprint density at radius 1 is 1.07 bits per heavy atom. The van der Waals surface area contributed by atoms with Crippen LogP contribution in [0.2, 0.25) is 0 Å². The average molecular weight is 373 g/mol. The summed E-state index contributed by atoms with van der Waals surface area (Å²) < 4.78 is 5.36. The summed E-state index contributed by atoms with van der Waals surface area (Å²) in [6.45, 7) is 5.05. The normalized spacial score (nSPS) is 11.6. The van der Waals surface area contributed by atoms with Gasteiger partial charge in [-0.15, -0.1) is 0 Å². The monoisotopic (exact) mass is 373 g/mol. The summed E-state index contributed by atoms with van der Waals surface area (Å²) in [6, 6.07) is 8.20. The Labute approximate surface area is 156 Å². The van der Waals surface area contributed by atoms with Crippen LogP contribution in [-0.4, -0.2) is 29.4 Å². The number of carbonyl (C=O) groups is 3. The second-order valence-electron chi connectivity index (χ2n) is 6.15. The molecule has 0 radical (unpaired) electrons. The van der Waals surface area contributed by atoms with Gasteiger partial charge in [0.1, 0.15) is 11.5 Å². The molecule has 0 spiro atoms. The Hall–Kier alpha value is -3.13. The number of furan rings is 1. The number of hydrogen-bond donors (Lipinski definition) is 4. The quantitative estimate of drug-likeness (QED) is 0.578. The van der Waals surface area contributed by atoms with Crippen molar-refractivity contribution in [3.05, 3.63) is 47.4 Å². The van der Waals surface area contributed by atoms with Crippen LogP contribution in [0.15, 0.2) is 34.7 Å². The predicted octanol–water partition coefficient (Wildman–Crippen LogP) is 2.03. The molecular weight excluding hydrogens is 350 g/mol. The molecule has 0 aliphatic rings. The van der Waals surface area contributed by atoms with Crippen molar-refractivity contribution in [2.24, 2.45) is 0 Å². The summed E-state index contributed by atoms with van der Waals surface area (Å²) in [5.74, 6) is -0.556. The van der Waals surface area contributed by atoms with E-state index in [0.717, 1.165) is 0 Å². The number of amides is 3. The summed E-state index contributed by atoms with van der Waals surface area (Å²) in [5.41, 5.74) is 1.56. The molecule has 8 nitrogen and oxygen atoms in total. The van der Waals surface area contributed by atoms with Gasteiger partial charge in [0.2, 0.25) is 5.91 Å². The summed E-state index contributed by atoms with van der Waals surface area (Å²) in [7, 11) is 0. The largest absolute Gasteiger partial charge is 0.466 e. The topological polar surface area (TPSA) is 121 Å². The highest BCUT2D eigenvalue weighted by molar-refractivity contribution is 6.39. The van der Waals surface area contributed by atoms with E-state index in [0.29, 0.717) is 28.5 Å². The highest BCUT2D eigenvalue weighted by Gasteiger charge is 2.17. The van der Waals surface area contributed by atoms with Crippen LogP contribution >= 0.6 is 0 Å². The first-order chi connectivity index (χ1) is 12.8. The zero-order valence-corrected chi connectivity index (χ0v) is 15.5. The van der Waals surface area contributed by atoms with Gasteiger partial charge in [-0.3, -0.25) is 14.4 Å². The first-order valence-corrected chi connectivity index (χ1v) is 8.48. The maximum atomic E-state index is 12.0. The Bertz CT molecular complexity index is 844. The average Bonchev–Trinajstić information content (AvgIpc) is 2.92. The molecule has 0 saturated heterocycles. The number of carbonyl (C=O) groups excluding carboxylic acids is 3. The fourth-order valence-corrected chi connectivity index (χ4v) is 2.61. The third kappa shape index (κ3) is 5.96. The number of rotatable bonds is 6. The van der Waals surface area contributed by atoms with E-state index in [1.807, 2.05) is 0 Å². The maximum Gasteiger partial charge on any atom is 0.313 e. The molecule has 0 aliphatic carbocycles. The third-order valence-corrected chi connectivity index (χ3v) is 3.79. The van der Waals surface area contributed by atoms with E-state index >= 15 is 0 Å².